The molecule has 2 heterocycles. The predicted molar refractivity (Wildman–Crippen MR) is 193 cm³/mol. The zero-order valence-corrected chi connectivity index (χ0v) is 29.7. The van der Waals surface area contributed by atoms with Crippen LogP contribution in [0, 0.1) is 0 Å². The third kappa shape index (κ3) is 11.9. The molecule has 2 aromatic heterocycles. The average Bonchev–Trinajstić information content (AvgIpc) is 3.13. The first-order chi connectivity index (χ1) is 23.4. The zero-order valence-electron chi connectivity index (χ0n) is 28.1. The molecule has 0 radical (unpaired) electrons. The number of esters is 2. The van der Waals surface area contributed by atoms with Gasteiger partial charge in [-0.1, -0.05) is 71.8 Å². The third-order valence-corrected chi connectivity index (χ3v) is 10.8. The summed E-state index contributed by atoms with van der Waals surface area (Å²) in [6.07, 6.45) is 8.07. The van der Waals surface area contributed by atoms with Gasteiger partial charge in [0, 0.05) is 36.6 Å². The first-order valence-electron chi connectivity index (χ1n) is 16.2. The summed E-state index contributed by atoms with van der Waals surface area (Å²) in [6, 6.07) is 23.7. The molecule has 254 valence electrons. The summed E-state index contributed by atoms with van der Waals surface area (Å²) in [6.45, 7) is 5.26. The van der Waals surface area contributed by atoms with Crippen molar-refractivity contribution >= 4 is 33.5 Å². The molecule has 0 saturated carbocycles. The largest absolute Gasteiger partial charge is 0.493 e. The van der Waals surface area contributed by atoms with E-state index in [4.69, 9.17) is 18.9 Å². The fourth-order valence-corrected chi connectivity index (χ4v) is 7.58. The molecule has 2 aromatic carbocycles. The van der Waals surface area contributed by atoms with Crippen molar-refractivity contribution in [2.45, 2.75) is 62.9 Å². The molecule has 4 aromatic rings. The molecule has 8 nitrogen and oxygen atoms in total. The standard InChI is InChI=1S/C38H44N2O6S2/c1-5-27-7-13-31(39-25-27)19-21-45-33-15-9-29(10-16-33)23-35(37(41)43-3)47-48-36(38(42)44-4)24-30-11-17-34(18-12-30)46-22-20-32-14-8-28(6-2)26-40-32/h7-18,25-26,35-36H,5-6,19-24H2,1-4H3. The number of aryl methyl sites for hydroxylation is 2. The summed E-state index contributed by atoms with van der Waals surface area (Å²) >= 11 is 0. The Morgan fingerprint density at radius 3 is 1.27 bits per heavy atom. The highest BCUT2D eigenvalue weighted by Gasteiger charge is 2.27. The molecule has 0 amide bonds. The van der Waals surface area contributed by atoms with Gasteiger partial charge in [0.05, 0.1) is 27.4 Å². The number of carbonyl (C=O) groups excluding carboxylic acids is 2. The van der Waals surface area contributed by atoms with E-state index >= 15 is 0 Å². The lowest BCUT2D eigenvalue weighted by atomic mass is 10.1. The number of pyridine rings is 2. The summed E-state index contributed by atoms with van der Waals surface area (Å²) in [5, 5.41) is -1.03. The second-order valence-electron chi connectivity index (χ2n) is 11.1. The van der Waals surface area contributed by atoms with Crippen molar-refractivity contribution in [3.8, 4) is 11.5 Å². The van der Waals surface area contributed by atoms with E-state index in [9.17, 15) is 9.59 Å². The third-order valence-electron chi connectivity index (χ3n) is 7.75. The van der Waals surface area contributed by atoms with Crippen LogP contribution >= 0.6 is 21.6 Å². The first-order valence-corrected chi connectivity index (χ1v) is 18.5. The SMILES string of the molecule is CCc1ccc(CCOc2ccc(CC(SSC(Cc3ccc(OCCc4ccc(CC)cn4)cc3)C(=O)OC)C(=O)OC)cc2)nc1. The summed E-state index contributed by atoms with van der Waals surface area (Å²) in [5.74, 6) is 0.801. The number of carbonyl (C=O) groups is 2. The van der Waals surface area contributed by atoms with Gasteiger partial charge in [0.1, 0.15) is 22.0 Å². The maximum Gasteiger partial charge on any atom is 0.320 e. The van der Waals surface area contributed by atoms with Crippen LogP contribution in [0.15, 0.2) is 85.2 Å². The van der Waals surface area contributed by atoms with E-state index in [1.54, 1.807) is 0 Å². The number of hydrogen-bond acceptors (Lipinski definition) is 10. The quantitative estimate of drug-likeness (QED) is 0.0750. The molecule has 0 aliphatic rings. The van der Waals surface area contributed by atoms with Crippen molar-refractivity contribution in [2.75, 3.05) is 27.4 Å². The van der Waals surface area contributed by atoms with Gasteiger partial charge in [0.25, 0.3) is 0 Å². The maximum atomic E-state index is 12.7. The molecule has 48 heavy (non-hydrogen) atoms. The summed E-state index contributed by atoms with van der Waals surface area (Å²) in [4.78, 5) is 34.4. The van der Waals surface area contributed by atoms with Crippen LogP contribution in [0.2, 0.25) is 0 Å². The van der Waals surface area contributed by atoms with E-state index in [0.29, 0.717) is 26.1 Å². The molecule has 10 heteroatoms. The van der Waals surface area contributed by atoms with E-state index in [-0.39, 0.29) is 11.9 Å². The van der Waals surface area contributed by atoms with E-state index in [2.05, 4.69) is 35.9 Å². The molecular formula is C38H44N2O6S2. The second-order valence-corrected chi connectivity index (χ2v) is 13.8. The van der Waals surface area contributed by atoms with Crippen LogP contribution in [0.3, 0.4) is 0 Å². The molecule has 2 unspecified atom stereocenters. The van der Waals surface area contributed by atoms with E-state index < -0.39 is 10.5 Å². The summed E-state index contributed by atoms with van der Waals surface area (Å²) in [5.41, 5.74) is 6.34. The van der Waals surface area contributed by atoms with Crippen molar-refractivity contribution in [2.24, 2.45) is 0 Å². The van der Waals surface area contributed by atoms with Crippen LogP contribution in [0.25, 0.3) is 0 Å². The summed E-state index contributed by atoms with van der Waals surface area (Å²) < 4.78 is 22.0. The number of aromatic nitrogens is 2. The monoisotopic (exact) mass is 688 g/mol. The molecular weight excluding hydrogens is 645 g/mol. The van der Waals surface area contributed by atoms with Gasteiger partial charge in [0.15, 0.2) is 0 Å². The fourth-order valence-electron chi connectivity index (χ4n) is 4.75. The highest BCUT2D eigenvalue weighted by atomic mass is 33.1. The number of rotatable bonds is 19. The van der Waals surface area contributed by atoms with Crippen molar-refractivity contribution in [3.63, 3.8) is 0 Å². The van der Waals surface area contributed by atoms with Crippen molar-refractivity contribution in [3.05, 3.63) is 119 Å². The average molecular weight is 689 g/mol. The van der Waals surface area contributed by atoms with Crippen LogP contribution < -0.4 is 9.47 Å². The molecule has 0 spiro atoms. The Bertz CT molecular complexity index is 1430. The van der Waals surface area contributed by atoms with Gasteiger partial charge in [-0.15, -0.1) is 0 Å². The predicted octanol–water partition coefficient (Wildman–Crippen LogP) is 7.09. The minimum absolute atomic E-state index is 0.351. The number of methoxy groups -OCH3 is 2. The minimum atomic E-state index is -0.514. The molecule has 0 saturated heterocycles. The van der Waals surface area contributed by atoms with E-state index in [1.165, 1.54) is 46.9 Å². The minimum Gasteiger partial charge on any atom is -0.493 e. The van der Waals surface area contributed by atoms with Gasteiger partial charge in [-0.2, -0.15) is 0 Å². The Morgan fingerprint density at radius 1 is 0.583 bits per heavy atom. The smallest absolute Gasteiger partial charge is 0.320 e. The highest BCUT2D eigenvalue weighted by Crippen LogP contribution is 2.36. The Morgan fingerprint density at radius 2 is 0.958 bits per heavy atom. The highest BCUT2D eigenvalue weighted by molar-refractivity contribution is 8.77. The van der Waals surface area contributed by atoms with Crippen LogP contribution in [0.5, 0.6) is 11.5 Å². The molecule has 4 rings (SSSR count). The van der Waals surface area contributed by atoms with Gasteiger partial charge in [0.2, 0.25) is 0 Å². The van der Waals surface area contributed by atoms with Gasteiger partial charge in [-0.3, -0.25) is 19.6 Å². The fraction of sp³-hybridized carbons (Fsp3) is 0.368. The second kappa shape index (κ2) is 19.7. The van der Waals surface area contributed by atoms with Gasteiger partial charge < -0.3 is 18.9 Å². The summed E-state index contributed by atoms with van der Waals surface area (Å²) in [7, 11) is 5.40. The van der Waals surface area contributed by atoms with Gasteiger partial charge in [-0.25, -0.2) is 0 Å². The van der Waals surface area contributed by atoms with E-state index in [1.807, 2.05) is 73.1 Å². The molecule has 0 N–H and O–H groups in total. The Balaban J connectivity index is 1.26. The van der Waals surface area contributed by atoms with Gasteiger partial charge >= 0.3 is 11.9 Å². The molecule has 0 fully saturated rings. The maximum absolute atomic E-state index is 12.7. The van der Waals surface area contributed by atoms with Crippen molar-refractivity contribution in [1.29, 1.82) is 0 Å². The molecule has 0 aliphatic heterocycles. The van der Waals surface area contributed by atoms with E-state index in [0.717, 1.165) is 59.7 Å². The van der Waals surface area contributed by atoms with Crippen LogP contribution in [-0.4, -0.2) is 59.8 Å². The van der Waals surface area contributed by atoms with Crippen molar-refractivity contribution < 1.29 is 28.5 Å². The first kappa shape index (κ1) is 36.8. The lowest BCUT2D eigenvalue weighted by Crippen LogP contribution is -2.24. The lowest BCUT2D eigenvalue weighted by Gasteiger charge is -2.18. The van der Waals surface area contributed by atoms with Crippen LogP contribution in [-0.2, 0) is 57.6 Å². The van der Waals surface area contributed by atoms with Crippen LogP contribution in [0.1, 0.15) is 47.5 Å². The Kier molecular flexibility index (Phi) is 15.1. The molecule has 0 bridgehead atoms. The molecule has 0 aliphatic carbocycles. The number of benzene rings is 2. The number of ether oxygens (including phenoxy) is 4. The molecule has 2 atom stereocenters. The number of hydrogen-bond donors (Lipinski definition) is 0. The topological polar surface area (TPSA) is 96.8 Å². The van der Waals surface area contributed by atoms with Crippen molar-refractivity contribution in [1.82, 2.24) is 9.97 Å². The van der Waals surface area contributed by atoms with Crippen LogP contribution in [0.4, 0.5) is 0 Å². The van der Waals surface area contributed by atoms with Gasteiger partial charge in [-0.05, 0) is 84.3 Å². The zero-order chi connectivity index (χ0) is 34.1. The Labute approximate surface area is 291 Å². The lowest BCUT2D eigenvalue weighted by molar-refractivity contribution is -0.140. The number of nitrogens with zero attached hydrogens (tertiary/aromatic N) is 2. The normalized spacial score (nSPS) is 12.2. The Hall–Kier alpha value is -4.02.